The summed E-state index contributed by atoms with van der Waals surface area (Å²) in [5.41, 5.74) is 2.19. The van der Waals surface area contributed by atoms with Crippen molar-refractivity contribution in [1.82, 2.24) is 0 Å². The van der Waals surface area contributed by atoms with Crippen LogP contribution in [0.4, 0.5) is 21.5 Å². The Balaban J connectivity index is 2.13. The molecule has 0 unspecified atom stereocenters. The Bertz CT molecular complexity index is 1210. The molecule has 31 heavy (non-hydrogen) atoms. The van der Waals surface area contributed by atoms with Crippen molar-refractivity contribution in [3.8, 4) is 11.1 Å². The van der Waals surface area contributed by atoms with E-state index in [2.05, 4.69) is 5.32 Å². The molecule has 1 amide bonds. The first kappa shape index (κ1) is 22.3. The zero-order chi connectivity index (χ0) is 22.8. The predicted molar refractivity (Wildman–Crippen MR) is 124 cm³/mol. The van der Waals surface area contributed by atoms with Crippen LogP contribution < -0.4 is 14.5 Å². The molecule has 3 aromatic rings. The maximum atomic E-state index is 15.0. The molecule has 8 heteroatoms. The molecule has 0 spiro atoms. The lowest BCUT2D eigenvalue weighted by atomic mass is 10.0. The second kappa shape index (κ2) is 8.77. The SMILES string of the molecule is CN(C)c1ccccc1C(=O)Nc1cc(-c2ccccc2)c(F)cc1N(C)S(C)(=O)=O. The fraction of sp³-hybridized carbons (Fsp3) is 0.174. The number of nitrogens with one attached hydrogen (secondary N) is 1. The van der Waals surface area contributed by atoms with Crippen molar-refractivity contribution in [1.29, 1.82) is 0 Å². The summed E-state index contributed by atoms with van der Waals surface area (Å²) < 4.78 is 40.2. The number of amides is 1. The lowest BCUT2D eigenvalue weighted by Crippen LogP contribution is -2.27. The number of carbonyl (C=O) groups is 1. The van der Waals surface area contributed by atoms with Gasteiger partial charge in [-0.05, 0) is 23.8 Å². The van der Waals surface area contributed by atoms with Gasteiger partial charge in [-0.15, -0.1) is 0 Å². The molecule has 0 saturated carbocycles. The number of nitrogens with zero attached hydrogens (tertiary/aromatic N) is 2. The third-order valence-electron chi connectivity index (χ3n) is 4.89. The number of halogens is 1. The summed E-state index contributed by atoms with van der Waals surface area (Å²) in [4.78, 5) is 14.9. The standard InChI is InChI=1S/C23H24FN3O3S/c1-26(2)21-13-9-8-12-17(21)23(28)25-20-14-18(16-10-6-5-7-11-16)19(24)15-22(20)27(3)31(4,29)30/h5-15H,1-4H3,(H,25,28). The quantitative estimate of drug-likeness (QED) is 0.622. The highest BCUT2D eigenvalue weighted by molar-refractivity contribution is 7.92. The molecule has 0 aromatic heterocycles. The van der Waals surface area contributed by atoms with Gasteiger partial charge < -0.3 is 10.2 Å². The van der Waals surface area contributed by atoms with Crippen LogP contribution in [0.25, 0.3) is 11.1 Å². The van der Waals surface area contributed by atoms with Crippen LogP contribution in [-0.4, -0.2) is 41.7 Å². The fourth-order valence-electron chi connectivity index (χ4n) is 3.19. The van der Waals surface area contributed by atoms with Crippen LogP contribution in [0.15, 0.2) is 66.7 Å². The number of rotatable bonds is 6. The van der Waals surface area contributed by atoms with E-state index in [0.29, 0.717) is 16.8 Å². The molecular formula is C23H24FN3O3S. The molecule has 162 valence electrons. The summed E-state index contributed by atoms with van der Waals surface area (Å²) in [6, 6.07) is 18.5. The highest BCUT2D eigenvalue weighted by Gasteiger charge is 2.22. The Kier molecular flexibility index (Phi) is 6.31. The molecule has 3 rings (SSSR count). The van der Waals surface area contributed by atoms with E-state index in [0.717, 1.165) is 16.6 Å². The van der Waals surface area contributed by atoms with Gasteiger partial charge in [-0.25, -0.2) is 12.8 Å². The maximum Gasteiger partial charge on any atom is 0.257 e. The van der Waals surface area contributed by atoms with Gasteiger partial charge in [0, 0.05) is 38.5 Å². The van der Waals surface area contributed by atoms with Crippen molar-refractivity contribution < 1.29 is 17.6 Å². The van der Waals surface area contributed by atoms with Crippen LogP contribution in [0.5, 0.6) is 0 Å². The highest BCUT2D eigenvalue weighted by Crippen LogP contribution is 2.35. The Morgan fingerprint density at radius 3 is 2.13 bits per heavy atom. The Labute approximate surface area is 182 Å². The summed E-state index contributed by atoms with van der Waals surface area (Å²) in [5, 5.41) is 2.77. The predicted octanol–water partition coefficient (Wildman–Crippen LogP) is 4.21. The Hall–Kier alpha value is -3.39. The first-order chi connectivity index (χ1) is 14.6. The van der Waals surface area contributed by atoms with Gasteiger partial charge in [0.05, 0.1) is 23.2 Å². The molecule has 0 aliphatic carbocycles. The van der Waals surface area contributed by atoms with E-state index in [4.69, 9.17) is 0 Å². The van der Waals surface area contributed by atoms with Crippen molar-refractivity contribution in [2.75, 3.05) is 41.9 Å². The van der Waals surface area contributed by atoms with Gasteiger partial charge in [0.1, 0.15) is 5.82 Å². The van der Waals surface area contributed by atoms with Crippen LogP contribution in [-0.2, 0) is 10.0 Å². The van der Waals surface area contributed by atoms with Crippen molar-refractivity contribution in [2.45, 2.75) is 0 Å². The van der Waals surface area contributed by atoms with E-state index in [1.54, 1.807) is 47.4 Å². The highest BCUT2D eigenvalue weighted by atomic mass is 32.2. The zero-order valence-electron chi connectivity index (χ0n) is 17.8. The summed E-state index contributed by atoms with van der Waals surface area (Å²) in [6.07, 6.45) is 1.02. The van der Waals surface area contributed by atoms with Crippen LogP contribution in [0.2, 0.25) is 0 Å². The van der Waals surface area contributed by atoms with E-state index in [9.17, 15) is 17.6 Å². The van der Waals surface area contributed by atoms with Gasteiger partial charge in [-0.1, -0.05) is 42.5 Å². The Morgan fingerprint density at radius 1 is 0.903 bits per heavy atom. The minimum Gasteiger partial charge on any atom is -0.377 e. The third kappa shape index (κ3) is 4.86. The number of hydrogen-bond donors (Lipinski definition) is 1. The maximum absolute atomic E-state index is 15.0. The lowest BCUT2D eigenvalue weighted by molar-refractivity contribution is 0.102. The molecule has 0 fully saturated rings. The zero-order valence-corrected chi connectivity index (χ0v) is 18.6. The van der Waals surface area contributed by atoms with Crippen molar-refractivity contribution >= 4 is 33.0 Å². The summed E-state index contributed by atoms with van der Waals surface area (Å²) in [6.45, 7) is 0. The van der Waals surface area contributed by atoms with Gasteiger partial charge in [0.25, 0.3) is 5.91 Å². The van der Waals surface area contributed by atoms with Gasteiger partial charge in [0.15, 0.2) is 0 Å². The molecular weight excluding hydrogens is 417 g/mol. The largest absolute Gasteiger partial charge is 0.377 e. The van der Waals surface area contributed by atoms with E-state index < -0.39 is 21.7 Å². The molecule has 0 saturated heterocycles. The summed E-state index contributed by atoms with van der Waals surface area (Å²) in [7, 11) is 1.27. The average molecular weight is 442 g/mol. The molecule has 0 heterocycles. The van der Waals surface area contributed by atoms with Crippen molar-refractivity contribution in [3.63, 3.8) is 0 Å². The van der Waals surface area contributed by atoms with Crippen LogP contribution >= 0.6 is 0 Å². The van der Waals surface area contributed by atoms with Gasteiger partial charge in [-0.2, -0.15) is 0 Å². The van der Waals surface area contributed by atoms with Crippen LogP contribution in [0.3, 0.4) is 0 Å². The molecule has 0 atom stereocenters. The molecule has 0 bridgehead atoms. The second-order valence-electron chi connectivity index (χ2n) is 7.31. The van der Waals surface area contributed by atoms with E-state index >= 15 is 0 Å². The minimum absolute atomic E-state index is 0.0374. The molecule has 0 aliphatic heterocycles. The average Bonchev–Trinajstić information content (AvgIpc) is 2.74. The number of hydrogen-bond acceptors (Lipinski definition) is 4. The van der Waals surface area contributed by atoms with Crippen LogP contribution in [0, 0.1) is 5.82 Å². The minimum atomic E-state index is -3.69. The summed E-state index contributed by atoms with van der Waals surface area (Å²) in [5.74, 6) is -1.03. The first-order valence-electron chi connectivity index (χ1n) is 9.50. The van der Waals surface area contributed by atoms with E-state index in [-0.39, 0.29) is 16.9 Å². The lowest BCUT2D eigenvalue weighted by Gasteiger charge is -2.23. The fourth-order valence-corrected chi connectivity index (χ4v) is 3.69. The number of carbonyl (C=O) groups excluding carboxylic acids is 1. The van der Waals surface area contributed by atoms with E-state index in [1.807, 2.05) is 26.2 Å². The molecule has 6 nitrogen and oxygen atoms in total. The van der Waals surface area contributed by atoms with E-state index in [1.165, 1.54) is 13.1 Å². The van der Waals surface area contributed by atoms with Gasteiger partial charge in [-0.3, -0.25) is 9.10 Å². The van der Waals surface area contributed by atoms with Gasteiger partial charge >= 0.3 is 0 Å². The third-order valence-corrected chi connectivity index (χ3v) is 6.08. The first-order valence-corrected chi connectivity index (χ1v) is 11.3. The smallest absolute Gasteiger partial charge is 0.257 e. The number of para-hydroxylation sites is 1. The molecule has 0 aliphatic rings. The molecule has 0 radical (unpaired) electrons. The number of sulfonamides is 1. The van der Waals surface area contributed by atoms with Crippen LogP contribution in [0.1, 0.15) is 10.4 Å². The summed E-state index contributed by atoms with van der Waals surface area (Å²) >= 11 is 0. The molecule has 1 N–H and O–H groups in total. The van der Waals surface area contributed by atoms with Crippen molar-refractivity contribution in [3.05, 3.63) is 78.1 Å². The monoisotopic (exact) mass is 441 g/mol. The topological polar surface area (TPSA) is 69.7 Å². The van der Waals surface area contributed by atoms with Crippen molar-refractivity contribution in [2.24, 2.45) is 0 Å². The normalized spacial score (nSPS) is 11.1. The number of benzene rings is 3. The molecule has 3 aromatic carbocycles. The Morgan fingerprint density at radius 2 is 1.52 bits per heavy atom. The second-order valence-corrected chi connectivity index (χ2v) is 9.33. The van der Waals surface area contributed by atoms with Gasteiger partial charge in [0.2, 0.25) is 10.0 Å². The number of anilines is 3.